The largest absolute Gasteiger partial charge is 0.493 e. The van der Waals surface area contributed by atoms with Crippen LogP contribution >= 0.6 is 27.5 Å². The summed E-state index contributed by atoms with van der Waals surface area (Å²) in [5.74, 6) is -0.941. The summed E-state index contributed by atoms with van der Waals surface area (Å²) in [5.41, 5.74) is 4.23. The molecule has 0 atom stereocenters. The fraction of sp³-hybridized carbons (Fsp3) is 0.273. The van der Waals surface area contributed by atoms with E-state index in [2.05, 4.69) is 31.8 Å². The van der Waals surface area contributed by atoms with Crippen molar-refractivity contribution >= 4 is 57.2 Å². The number of hydrogen-bond acceptors (Lipinski definition) is 7. The van der Waals surface area contributed by atoms with E-state index in [1.807, 2.05) is 6.92 Å². The van der Waals surface area contributed by atoms with Crippen LogP contribution in [0, 0.1) is 6.92 Å². The Kier molecular flexibility index (Phi) is 10.1. The van der Waals surface area contributed by atoms with E-state index in [9.17, 15) is 14.4 Å². The quantitative estimate of drug-likeness (QED) is 0.205. The molecular formula is C22H23BrClN3O6. The molecule has 2 amide bonds. The third-order valence-electron chi connectivity index (χ3n) is 4.07. The van der Waals surface area contributed by atoms with E-state index >= 15 is 0 Å². The number of hydrazone groups is 1. The van der Waals surface area contributed by atoms with Gasteiger partial charge in [-0.05, 0) is 65.2 Å². The second-order valence-corrected chi connectivity index (χ2v) is 7.87. The first kappa shape index (κ1) is 26.1. The standard InChI is InChI=1S/C22H23BrClN3O6/c1-4-32-21(30)12-33-22-16(23)7-14(8-18(22)31-3)11-25-27-20(29)10-19(28)26-15-6-5-13(2)17(24)9-15/h5-9,11H,4,10,12H2,1-3H3,(H,26,28)(H,27,29). The highest BCUT2D eigenvalue weighted by atomic mass is 79.9. The first-order valence-corrected chi connectivity index (χ1v) is 10.9. The van der Waals surface area contributed by atoms with Crippen LogP contribution < -0.4 is 20.2 Å². The number of benzene rings is 2. The van der Waals surface area contributed by atoms with Gasteiger partial charge in [-0.1, -0.05) is 17.7 Å². The Morgan fingerprint density at radius 2 is 1.94 bits per heavy atom. The molecule has 2 rings (SSSR count). The molecule has 0 aromatic heterocycles. The van der Waals surface area contributed by atoms with Crippen LogP contribution in [0.3, 0.4) is 0 Å². The molecule has 0 unspecified atom stereocenters. The van der Waals surface area contributed by atoms with Crippen molar-refractivity contribution < 1.29 is 28.6 Å². The lowest BCUT2D eigenvalue weighted by Crippen LogP contribution is -2.24. The van der Waals surface area contributed by atoms with E-state index in [0.29, 0.717) is 32.2 Å². The number of nitrogens with one attached hydrogen (secondary N) is 2. The summed E-state index contributed by atoms with van der Waals surface area (Å²) < 4.78 is 16.1. The number of rotatable bonds is 10. The lowest BCUT2D eigenvalue weighted by atomic mass is 10.2. The van der Waals surface area contributed by atoms with E-state index in [-0.39, 0.29) is 13.2 Å². The van der Waals surface area contributed by atoms with Gasteiger partial charge >= 0.3 is 5.97 Å². The van der Waals surface area contributed by atoms with Gasteiger partial charge in [0.25, 0.3) is 0 Å². The molecule has 0 radical (unpaired) electrons. The smallest absolute Gasteiger partial charge is 0.344 e. The van der Waals surface area contributed by atoms with Crippen LogP contribution in [0.4, 0.5) is 5.69 Å². The van der Waals surface area contributed by atoms with Crippen molar-refractivity contribution in [2.45, 2.75) is 20.3 Å². The summed E-state index contributed by atoms with van der Waals surface area (Å²) in [7, 11) is 1.45. The first-order chi connectivity index (χ1) is 15.7. The van der Waals surface area contributed by atoms with Gasteiger partial charge in [0.05, 0.1) is 24.4 Å². The van der Waals surface area contributed by atoms with Gasteiger partial charge in [-0.15, -0.1) is 0 Å². The number of ether oxygens (including phenoxy) is 3. The number of hydrogen-bond donors (Lipinski definition) is 2. The first-order valence-electron chi connectivity index (χ1n) is 9.77. The number of nitrogens with zero attached hydrogens (tertiary/aromatic N) is 1. The van der Waals surface area contributed by atoms with Crippen LogP contribution in [0.25, 0.3) is 0 Å². The molecule has 33 heavy (non-hydrogen) atoms. The summed E-state index contributed by atoms with van der Waals surface area (Å²) in [6.45, 7) is 3.53. The highest BCUT2D eigenvalue weighted by molar-refractivity contribution is 9.10. The number of anilines is 1. The number of halogens is 2. The average molecular weight is 541 g/mol. The zero-order chi connectivity index (χ0) is 24.4. The van der Waals surface area contributed by atoms with Gasteiger partial charge in [-0.3, -0.25) is 9.59 Å². The number of aryl methyl sites for hydroxylation is 1. The van der Waals surface area contributed by atoms with Gasteiger partial charge in [0, 0.05) is 10.7 Å². The Morgan fingerprint density at radius 1 is 1.18 bits per heavy atom. The zero-order valence-corrected chi connectivity index (χ0v) is 20.6. The molecule has 0 bridgehead atoms. The molecule has 176 valence electrons. The lowest BCUT2D eigenvalue weighted by molar-refractivity contribution is -0.145. The zero-order valence-electron chi connectivity index (χ0n) is 18.2. The van der Waals surface area contributed by atoms with E-state index < -0.39 is 24.2 Å². The molecule has 11 heteroatoms. The summed E-state index contributed by atoms with van der Waals surface area (Å²) >= 11 is 9.38. The second kappa shape index (κ2) is 12.8. The van der Waals surface area contributed by atoms with E-state index in [0.717, 1.165) is 5.56 Å². The highest BCUT2D eigenvalue weighted by Gasteiger charge is 2.14. The fourth-order valence-corrected chi connectivity index (χ4v) is 3.28. The predicted molar refractivity (Wildman–Crippen MR) is 128 cm³/mol. The number of carbonyl (C=O) groups excluding carboxylic acids is 3. The van der Waals surface area contributed by atoms with E-state index in [4.69, 9.17) is 25.8 Å². The molecule has 0 aliphatic carbocycles. The van der Waals surface area contributed by atoms with Gasteiger partial charge in [0.15, 0.2) is 18.1 Å². The molecule has 0 heterocycles. The van der Waals surface area contributed by atoms with Crippen LogP contribution in [0.5, 0.6) is 11.5 Å². The van der Waals surface area contributed by atoms with Gasteiger partial charge in [-0.2, -0.15) is 5.10 Å². The molecule has 0 saturated carbocycles. The minimum absolute atomic E-state index is 0.254. The number of amides is 2. The van der Waals surface area contributed by atoms with Crippen molar-refractivity contribution in [1.29, 1.82) is 0 Å². The van der Waals surface area contributed by atoms with Gasteiger partial charge in [0.2, 0.25) is 11.8 Å². The third-order valence-corrected chi connectivity index (χ3v) is 5.07. The molecule has 0 spiro atoms. The van der Waals surface area contributed by atoms with E-state index in [1.165, 1.54) is 13.3 Å². The van der Waals surface area contributed by atoms with Gasteiger partial charge in [-0.25, -0.2) is 10.2 Å². The van der Waals surface area contributed by atoms with Gasteiger partial charge in [0.1, 0.15) is 6.42 Å². The summed E-state index contributed by atoms with van der Waals surface area (Å²) in [4.78, 5) is 35.5. The Balaban J connectivity index is 1.93. The average Bonchev–Trinajstić information content (AvgIpc) is 2.75. The Hall–Kier alpha value is -3.11. The second-order valence-electron chi connectivity index (χ2n) is 6.61. The minimum atomic E-state index is -0.595. The molecule has 9 nitrogen and oxygen atoms in total. The van der Waals surface area contributed by atoms with Crippen molar-refractivity contribution in [3.63, 3.8) is 0 Å². The van der Waals surface area contributed by atoms with Crippen molar-refractivity contribution in [2.24, 2.45) is 5.10 Å². The van der Waals surface area contributed by atoms with Gasteiger partial charge < -0.3 is 19.5 Å². The van der Waals surface area contributed by atoms with Crippen LogP contribution in [-0.2, 0) is 19.1 Å². The lowest BCUT2D eigenvalue weighted by Gasteiger charge is -2.13. The summed E-state index contributed by atoms with van der Waals surface area (Å²) in [5, 5.41) is 6.97. The molecular weight excluding hydrogens is 518 g/mol. The normalized spacial score (nSPS) is 10.6. The number of methoxy groups -OCH3 is 1. The summed E-state index contributed by atoms with van der Waals surface area (Å²) in [6, 6.07) is 8.33. The SMILES string of the molecule is CCOC(=O)COc1c(Br)cc(C=NNC(=O)CC(=O)Nc2ccc(C)c(Cl)c2)cc1OC. The maximum absolute atomic E-state index is 12.0. The van der Waals surface area contributed by atoms with Crippen LogP contribution in [0.15, 0.2) is 39.9 Å². The monoisotopic (exact) mass is 539 g/mol. The molecule has 2 N–H and O–H groups in total. The van der Waals surface area contributed by atoms with E-state index in [1.54, 1.807) is 37.3 Å². The molecule has 0 fully saturated rings. The highest BCUT2D eigenvalue weighted by Crippen LogP contribution is 2.36. The third kappa shape index (κ3) is 8.39. The maximum Gasteiger partial charge on any atom is 0.344 e. The maximum atomic E-state index is 12.0. The Labute approximate surface area is 204 Å². The van der Waals surface area contributed by atoms with Crippen LogP contribution in [-0.4, -0.2) is 44.3 Å². The van der Waals surface area contributed by atoms with Crippen LogP contribution in [0.2, 0.25) is 5.02 Å². The fourth-order valence-electron chi connectivity index (χ4n) is 2.53. The number of esters is 1. The van der Waals surface area contributed by atoms with Crippen LogP contribution in [0.1, 0.15) is 24.5 Å². The predicted octanol–water partition coefficient (Wildman–Crippen LogP) is 3.84. The molecule has 2 aromatic rings. The summed E-state index contributed by atoms with van der Waals surface area (Å²) in [6.07, 6.45) is 0.953. The van der Waals surface area contributed by atoms with Crippen molar-refractivity contribution in [1.82, 2.24) is 5.43 Å². The topological polar surface area (TPSA) is 115 Å². The van der Waals surface area contributed by atoms with Crippen molar-refractivity contribution in [2.75, 3.05) is 25.6 Å². The molecule has 0 saturated heterocycles. The molecule has 0 aliphatic heterocycles. The Morgan fingerprint density at radius 3 is 2.61 bits per heavy atom. The number of carbonyl (C=O) groups is 3. The van der Waals surface area contributed by atoms with Crippen molar-refractivity contribution in [3.8, 4) is 11.5 Å². The Bertz CT molecular complexity index is 1060. The minimum Gasteiger partial charge on any atom is -0.493 e. The van der Waals surface area contributed by atoms with Crippen molar-refractivity contribution in [3.05, 3.63) is 51.0 Å². The molecule has 0 aliphatic rings. The molecule has 2 aromatic carbocycles.